The SMILES string of the molecule is O=C(O)c1cccc(C(F)(F)F)c1Oc1ccc2c(c1)c(=O)ncn2Cc1c(F)cc(F)cc1F. The number of para-hydroxylation sites is 1. The van der Waals surface area contributed by atoms with Gasteiger partial charge in [0.1, 0.15) is 28.8 Å². The molecule has 180 valence electrons. The molecule has 0 amide bonds. The molecule has 35 heavy (non-hydrogen) atoms. The summed E-state index contributed by atoms with van der Waals surface area (Å²) in [7, 11) is 0. The van der Waals surface area contributed by atoms with Crippen LogP contribution >= 0.6 is 0 Å². The van der Waals surface area contributed by atoms with Gasteiger partial charge in [-0.05, 0) is 30.3 Å². The molecule has 1 N–H and O–H groups in total. The van der Waals surface area contributed by atoms with Crippen molar-refractivity contribution in [1.29, 1.82) is 0 Å². The molecule has 1 heterocycles. The minimum Gasteiger partial charge on any atom is -0.478 e. The van der Waals surface area contributed by atoms with E-state index in [1.165, 1.54) is 10.6 Å². The average Bonchev–Trinajstić information content (AvgIpc) is 2.77. The van der Waals surface area contributed by atoms with Crippen LogP contribution in [0.1, 0.15) is 21.5 Å². The number of hydrogen-bond acceptors (Lipinski definition) is 4. The molecule has 6 nitrogen and oxygen atoms in total. The Balaban J connectivity index is 1.80. The van der Waals surface area contributed by atoms with Crippen molar-refractivity contribution < 1.29 is 41.0 Å². The van der Waals surface area contributed by atoms with Gasteiger partial charge in [0, 0.05) is 17.7 Å². The molecule has 0 atom stereocenters. The molecule has 0 radical (unpaired) electrons. The van der Waals surface area contributed by atoms with Crippen molar-refractivity contribution in [3.8, 4) is 11.5 Å². The van der Waals surface area contributed by atoms with E-state index in [9.17, 15) is 41.0 Å². The van der Waals surface area contributed by atoms with E-state index in [0.717, 1.165) is 30.6 Å². The third-order valence-electron chi connectivity index (χ3n) is 5.03. The Morgan fingerprint density at radius 2 is 1.71 bits per heavy atom. The van der Waals surface area contributed by atoms with E-state index in [-0.39, 0.29) is 16.7 Å². The molecule has 12 heteroatoms. The van der Waals surface area contributed by atoms with E-state index in [2.05, 4.69) is 4.98 Å². The summed E-state index contributed by atoms with van der Waals surface area (Å²) in [5.41, 5.74) is -3.36. The van der Waals surface area contributed by atoms with Crippen LogP contribution in [0.25, 0.3) is 10.9 Å². The number of ether oxygens (including phenoxy) is 1. The number of carboxylic acids is 1. The van der Waals surface area contributed by atoms with E-state index < -0.39 is 64.1 Å². The first kappa shape index (κ1) is 23.8. The first-order valence-electron chi connectivity index (χ1n) is 9.69. The lowest BCUT2D eigenvalue weighted by atomic mass is 10.1. The molecular formula is C23H12F6N2O4. The molecular weight excluding hydrogens is 482 g/mol. The first-order valence-corrected chi connectivity index (χ1v) is 9.69. The van der Waals surface area contributed by atoms with Gasteiger partial charge in [-0.3, -0.25) is 4.79 Å². The lowest BCUT2D eigenvalue weighted by Crippen LogP contribution is -2.15. The Morgan fingerprint density at radius 3 is 2.34 bits per heavy atom. The van der Waals surface area contributed by atoms with E-state index in [1.807, 2.05) is 0 Å². The molecule has 0 saturated carbocycles. The molecule has 0 aliphatic carbocycles. The monoisotopic (exact) mass is 494 g/mol. The predicted octanol–water partition coefficient (Wildman–Crippen LogP) is 5.37. The summed E-state index contributed by atoms with van der Waals surface area (Å²) >= 11 is 0. The number of aromatic carboxylic acids is 1. The maximum atomic E-state index is 14.1. The second kappa shape index (κ2) is 8.78. The summed E-state index contributed by atoms with van der Waals surface area (Å²) in [6, 6.07) is 6.85. The van der Waals surface area contributed by atoms with Crippen LogP contribution in [0.3, 0.4) is 0 Å². The van der Waals surface area contributed by atoms with Gasteiger partial charge in [-0.15, -0.1) is 0 Å². The van der Waals surface area contributed by atoms with Crippen LogP contribution in [0.4, 0.5) is 26.3 Å². The van der Waals surface area contributed by atoms with Gasteiger partial charge < -0.3 is 14.4 Å². The van der Waals surface area contributed by atoms with Crippen molar-refractivity contribution in [1.82, 2.24) is 9.55 Å². The summed E-state index contributed by atoms with van der Waals surface area (Å²) in [5.74, 6) is -6.41. The summed E-state index contributed by atoms with van der Waals surface area (Å²) < 4.78 is 88.1. The summed E-state index contributed by atoms with van der Waals surface area (Å²) in [6.45, 7) is -0.484. The highest BCUT2D eigenvalue weighted by molar-refractivity contribution is 5.91. The highest BCUT2D eigenvalue weighted by atomic mass is 19.4. The largest absolute Gasteiger partial charge is 0.478 e. The van der Waals surface area contributed by atoms with Crippen molar-refractivity contribution >= 4 is 16.9 Å². The van der Waals surface area contributed by atoms with Crippen LogP contribution < -0.4 is 10.3 Å². The van der Waals surface area contributed by atoms with Gasteiger partial charge in [0.15, 0.2) is 5.75 Å². The number of aromatic nitrogens is 2. The zero-order valence-corrected chi connectivity index (χ0v) is 17.2. The lowest BCUT2D eigenvalue weighted by Gasteiger charge is -2.16. The van der Waals surface area contributed by atoms with Gasteiger partial charge in [0.05, 0.1) is 29.3 Å². The zero-order valence-electron chi connectivity index (χ0n) is 17.2. The number of carbonyl (C=O) groups is 1. The highest BCUT2D eigenvalue weighted by Crippen LogP contribution is 2.40. The van der Waals surface area contributed by atoms with Crippen molar-refractivity contribution in [2.24, 2.45) is 0 Å². The standard InChI is InChI=1S/C23H12F6N2O4/c24-11-6-17(25)15(18(26)7-11)9-31-10-30-21(32)14-8-12(4-5-19(14)31)35-20-13(22(33)34)2-1-3-16(20)23(27,28)29/h1-8,10H,9H2,(H,33,34). The number of alkyl halides is 3. The number of fused-ring (bicyclic) bond motifs is 1. The van der Waals surface area contributed by atoms with Gasteiger partial charge in [-0.2, -0.15) is 18.2 Å². The molecule has 4 aromatic rings. The number of halogens is 6. The number of benzene rings is 3. The van der Waals surface area contributed by atoms with Gasteiger partial charge in [-0.25, -0.2) is 18.0 Å². The van der Waals surface area contributed by atoms with Crippen LogP contribution in [0.2, 0.25) is 0 Å². The Morgan fingerprint density at radius 1 is 1.03 bits per heavy atom. The minimum absolute atomic E-state index is 0.0861. The fraction of sp³-hybridized carbons (Fsp3) is 0.0870. The topological polar surface area (TPSA) is 81.4 Å². The highest BCUT2D eigenvalue weighted by Gasteiger charge is 2.36. The average molecular weight is 494 g/mol. The van der Waals surface area contributed by atoms with Gasteiger partial charge in [-0.1, -0.05) is 6.07 Å². The number of nitrogens with zero attached hydrogens (tertiary/aromatic N) is 2. The number of carboxylic acid groups (broad SMARTS) is 1. The first-order chi connectivity index (χ1) is 16.5. The maximum Gasteiger partial charge on any atom is 0.420 e. The van der Waals surface area contributed by atoms with E-state index in [4.69, 9.17) is 4.74 Å². The lowest BCUT2D eigenvalue weighted by molar-refractivity contribution is -0.138. The van der Waals surface area contributed by atoms with Crippen LogP contribution in [-0.4, -0.2) is 20.6 Å². The molecule has 4 rings (SSSR count). The molecule has 0 bridgehead atoms. The van der Waals surface area contributed by atoms with E-state index in [1.54, 1.807) is 0 Å². The van der Waals surface area contributed by atoms with Crippen LogP contribution in [0.5, 0.6) is 11.5 Å². The summed E-state index contributed by atoms with van der Waals surface area (Å²) in [4.78, 5) is 27.4. The fourth-order valence-electron chi connectivity index (χ4n) is 3.43. The Bertz CT molecular complexity index is 1510. The Hall–Kier alpha value is -4.35. The molecule has 0 aliphatic rings. The summed E-state index contributed by atoms with van der Waals surface area (Å²) in [6.07, 6.45) is -3.94. The smallest absolute Gasteiger partial charge is 0.420 e. The van der Waals surface area contributed by atoms with E-state index in [0.29, 0.717) is 18.2 Å². The number of rotatable bonds is 5. The van der Waals surface area contributed by atoms with Crippen LogP contribution in [0.15, 0.2) is 59.7 Å². The third kappa shape index (κ3) is 4.67. The third-order valence-corrected chi connectivity index (χ3v) is 5.03. The van der Waals surface area contributed by atoms with Crippen molar-refractivity contribution in [2.45, 2.75) is 12.7 Å². The molecule has 0 unspecified atom stereocenters. The second-order valence-electron chi connectivity index (χ2n) is 7.29. The van der Waals surface area contributed by atoms with Gasteiger partial charge >= 0.3 is 12.1 Å². The summed E-state index contributed by atoms with van der Waals surface area (Å²) in [5, 5.41) is 9.11. The van der Waals surface area contributed by atoms with E-state index >= 15 is 0 Å². The molecule has 3 aromatic carbocycles. The van der Waals surface area contributed by atoms with Crippen molar-refractivity contribution in [2.75, 3.05) is 0 Å². The quantitative estimate of drug-likeness (QED) is 0.378. The maximum absolute atomic E-state index is 14.1. The molecule has 1 aromatic heterocycles. The molecule has 0 aliphatic heterocycles. The van der Waals surface area contributed by atoms with Crippen molar-refractivity contribution in [3.63, 3.8) is 0 Å². The molecule has 0 fully saturated rings. The number of hydrogen-bond donors (Lipinski definition) is 1. The molecule has 0 saturated heterocycles. The Labute approximate surface area is 191 Å². The fourth-order valence-corrected chi connectivity index (χ4v) is 3.43. The Kier molecular flexibility index (Phi) is 5.97. The van der Waals surface area contributed by atoms with Crippen molar-refractivity contribution in [3.05, 3.63) is 99.4 Å². The minimum atomic E-state index is -4.94. The van der Waals surface area contributed by atoms with Crippen LogP contribution in [0, 0.1) is 17.5 Å². The van der Waals surface area contributed by atoms with Crippen LogP contribution in [-0.2, 0) is 12.7 Å². The predicted molar refractivity (Wildman–Crippen MR) is 110 cm³/mol. The normalized spacial score (nSPS) is 11.6. The van der Waals surface area contributed by atoms with Gasteiger partial charge in [0.2, 0.25) is 0 Å². The second-order valence-corrected chi connectivity index (χ2v) is 7.29. The zero-order chi connectivity index (χ0) is 25.5. The van der Waals surface area contributed by atoms with Gasteiger partial charge in [0.25, 0.3) is 5.56 Å². The molecule has 0 spiro atoms.